The van der Waals surface area contributed by atoms with Gasteiger partial charge in [0.25, 0.3) is 5.91 Å². The van der Waals surface area contributed by atoms with E-state index >= 15 is 0 Å². The Hall–Kier alpha value is -3.53. The summed E-state index contributed by atoms with van der Waals surface area (Å²) in [5, 5.41) is 22.3. The number of ether oxygens (including phenoxy) is 1. The molecule has 1 unspecified atom stereocenters. The van der Waals surface area contributed by atoms with E-state index in [9.17, 15) is 28.3 Å². The van der Waals surface area contributed by atoms with E-state index in [1.54, 1.807) is 5.32 Å². The molecular weight excluding hydrogens is 462 g/mol. The second-order valence-corrected chi connectivity index (χ2v) is 8.94. The monoisotopic (exact) mass is 488 g/mol. The van der Waals surface area contributed by atoms with Crippen molar-refractivity contribution in [2.24, 2.45) is 5.92 Å². The van der Waals surface area contributed by atoms with Crippen molar-refractivity contribution >= 4 is 18.0 Å². The molecule has 0 saturated heterocycles. The third kappa shape index (κ3) is 4.97. The zero-order valence-corrected chi connectivity index (χ0v) is 18.9. The minimum absolute atomic E-state index is 0.0852. The smallest absolute Gasteiger partial charge is 0.407 e. The Balaban J connectivity index is 1.44. The van der Waals surface area contributed by atoms with Crippen molar-refractivity contribution < 1.29 is 38.1 Å². The number of hydrogen-bond acceptors (Lipinski definition) is 5. The van der Waals surface area contributed by atoms with Crippen molar-refractivity contribution in [3.05, 3.63) is 59.7 Å². The number of amides is 2. The summed E-state index contributed by atoms with van der Waals surface area (Å²) < 4.78 is 35.3. The summed E-state index contributed by atoms with van der Waals surface area (Å²) in [6.07, 6.45) is -1.95. The van der Waals surface area contributed by atoms with E-state index in [2.05, 4.69) is 5.32 Å². The molecule has 3 atom stereocenters. The number of nitrogens with one attached hydrogen (secondary N) is 2. The largest absolute Gasteiger partial charge is 0.480 e. The summed E-state index contributed by atoms with van der Waals surface area (Å²) in [7, 11) is 0. The second kappa shape index (κ2) is 9.61. The molecule has 8 nitrogen and oxygen atoms in total. The topological polar surface area (TPSA) is 125 Å². The van der Waals surface area contributed by atoms with Gasteiger partial charge in [0.05, 0.1) is 6.10 Å². The Morgan fingerprint density at radius 2 is 1.57 bits per heavy atom. The zero-order valence-electron chi connectivity index (χ0n) is 18.9. The Labute approximate surface area is 200 Å². The number of rotatable bonds is 9. The van der Waals surface area contributed by atoms with Crippen molar-refractivity contribution in [1.82, 2.24) is 10.6 Å². The van der Waals surface area contributed by atoms with E-state index < -0.39 is 48.0 Å². The lowest BCUT2D eigenvalue weighted by Crippen LogP contribution is -2.60. The van der Waals surface area contributed by atoms with E-state index in [4.69, 9.17) is 9.84 Å². The van der Waals surface area contributed by atoms with Crippen LogP contribution in [0.1, 0.15) is 36.8 Å². The Kier molecular flexibility index (Phi) is 6.75. The summed E-state index contributed by atoms with van der Waals surface area (Å²) in [5.41, 5.74) is 3.95. The third-order valence-electron chi connectivity index (χ3n) is 6.44. The number of aliphatic carboxylic acids is 1. The van der Waals surface area contributed by atoms with Gasteiger partial charge in [0, 0.05) is 5.92 Å². The molecule has 4 rings (SSSR count). The van der Waals surface area contributed by atoms with Crippen molar-refractivity contribution in [3.8, 4) is 11.1 Å². The van der Waals surface area contributed by atoms with E-state index in [0.29, 0.717) is 12.8 Å². The summed E-state index contributed by atoms with van der Waals surface area (Å²) >= 11 is 0. The molecule has 0 spiro atoms. The summed E-state index contributed by atoms with van der Waals surface area (Å²) in [5.74, 6) is -8.59. The number of carbonyl (C=O) groups is 3. The molecule has 0 aliphatic heterocycles. The number of carboxylic acids is 1. The lowest BCUT2D eigenvalue weighted by molar-refractivity contribution is -0.157. The molecule has 0 aromatic heterocycles. The SMILES string of the molecule is C[C@@H](O)[C@H](NC(=O)C(F)(F)C(NC(=O)OCC1c2ccccc2-c2ccccc21)C1CC1)C(=O)O. The molecule has 0 bridgehead atoms. The fourth-order valence-electron chi connectivity index (χ4n) is 4.47. The van der Waals surface area contributed by atoms with Crippen LogP contribution in [0.15, 0.2) is 48.5 Å². The van der Waals surface area contributed by atoms with Crippen molar-refractivity contribution in [1.29, 1.82) is 0 Å². The number of hydrogen-bond donors (Lipinski definition) is 4. The fraction of sp³-hybridized carbons (Fsp3) is 0.400. The van der Waals surface area contributed by atoms with Crippen LogP contribution >= 0.6 is 0 Å². The highest BCUT2D eigenvalue weighted by molar-refractivity contribution is 5.89. The third-order valence-corrected chi connectivity index (χ3v) is 6.44. The fourth-order valence-corrected chi connectivity index (χ4v) is 4.47. The number of carboxylic acid groups (broad SMARTS) is 1. The molecule has 0 heterocycles. The first-order valence-corrected chi connectivity index (χ1v) is 11.3. The number of carbonyl (C=O) groups excluding carboxylic acids is 2. The maximum Gasteiger partial charge on any atom is 0.407 e. The molecule has 186 valence electrons. The molecule has 1 fully saturated rings. The van der Waals surface area contributed by atoms with Gasteiger partial charge in [-0.05, 0) is 47.9 Å². The predicted molar refractivity (Wildman–Crippen MR) is 121 cm³/mol. The number of alkyl halides is 2. The second-order valence-electron chi connectivity index (χ2n) is 8.94. The maximum absolute atomic E-state index is 15.0. The first kappa shape index (κ1) is 24.6. The lowest BCUT2D eigenvalue weighted by atomic mass is 9.98. The van der Waals surface area contributed by atoms with E-state index in [1.807, 2.05) is 48.5 Å². The van der Waals surface area contributed by atoms with E-state index in [-0.39, 0.29) is 12.5 Å². The van der Waals surface area contributed by atoms with Gasteiger partial charge in [-0.1, -0.05) is 48.5 Å². The quantitative estimate of drug-likeness (QED) is 0.430. The normalized spacial score (nSPS) is 17.5. The van der Waals surface area contributed by atoms with Gasteiger partial charge in [-0.2, -0.15) is 8.78 Å². The van der Waals surface area contributed by atoms with Crippen LogP contribution in [0.3, 0.4) is 0 Å². The number of aliphatic hydroxyl groups excluding tert-OH is 1. The molecule has 35 heavy (non-hydrogen) atoms. The molecule has 2 amide bonds. The molecule has 4 N–H and O–H groups in total. The highest BCUT2D eigenvalue weighted by Gasteiger charge is 2.55. The van der Waals surface area contributed by atoms with Crippen molar-refractivity contribution in [2.45, 2.75) is 49.8 Å². The van der Waals surface area contributed by atoms with Gasteiger partial charge < -0.3 is 25.6 Å². The molecule has 2 aromatic rings. The summed E-state index contributed by atoms with van der Waals surface area (Å²) in [4.78, 5) is 36.0. The van der Waals surface area contributed by atoms with Gasteiger partial charge in [-0.3, -0.25) is 4.79 Å². The number of benzene rings is 2. The van der Waals surface area contributed by atoms with Gasteiger partial charge in [-0.15, -0.1) is 0 Å². The zero-order chi connectivity index (χ0) is 25.3. The molecular formula is C25H26F2N2O6. The number of alkyl carbamates (subject to hydrolysis) is 1. The molecule has 2 aliphatic rings. The Bertz CT molecular complexity index is 1090. The van der Waals surface area contributed by atoms with Gasteiger partial charge in [0.2, 0.25) is 0 Å². The molecule has 1 saturated carbocycles. The van der Waals surface area contributed by atoms with Crippen molar-refractivity contribution in [3.63, 3.8) is 0 Å². The molecule has 10 heteroatoms. The average Bonchev–Trinajstić information content (AvgIpc) is 3.61. The summed E-state index contributed by atoms with van der Waals surface area (Å²) in [6, 6.07) is 11.6. The van der Waals surface area contributed by atoms with E-state index in [1.165, 1.54) is 0 Å². The summed E-state index contributed by atoms with van der Waals surface area (Å²) in [6.45, 7) is 0.975. The lowest BCUT2D eigenvalue weighted by Gasteiger charge is -2.28. The average molecular weight is 488 g/mol. The van der Waals surface area contributed by atoms with Crippen LogP contribution in [0.2, 0.25) is 0 Å². The molecule has 0 radical (unpaired) electrons. The van der Waals surface area contributed by atoms with Gasteiger partial charge in [0.1, 0.15) is 12.6 Å². The van der Waals surface area contributed by atoms with Gasteiger partial charge >= 0.3 is 18.0 Å². The minimum Gasteiger partial charge on any atom is -0.480 e. The standard InChI is InChI=1S/C25H26F2N2O6/c1-13(30)20(22(31)32)28-23(33)25(26,27)21(14-10-11-14)29-24(34)35-12-19-17-8-4-2-6-15(17)16-7-3-5-9-18(16)19/h2-9,13-14,19-21,30H,10-12H2,1H3,(H,28,33)(H,29,34)(H,31,32)/t13-,20+,21?/m1/s1. The van der Waals surface area contributed by atoms with E-state index in [0.717, 1.165) is 29.2 Å². The maximum atomic E-state index is 15.0. The first-order valence-electron chi connectivity index (χ1n) is 11.3. The highest BCUT2D eigenvalue weighted by atomic mass is 19.3. The van der Waals surface area contributed by atoms with Crippen LogP contribution in [0.5, 0.6) is 0 Å². The van der Waals surface area contributed by atoms with Crippen LogP contribution in [0.25, 0.3) is 11.1 Å². The van der Waals surface area contributed by atoms with Crippen LogP contribution < -0.4 is 10.6 Å². The van der Waals surface area contributed by atoms with Crippen molar-refractivity contribution in [2.75, 3.05) is 6.61 Å². The van der Waals surface area contributed by atoms with Gasteiger partial charge in [-0.25, -0.2) is 9.59 Å². The number of aliphatic hydroxyl groups is 1. The Morgan fingerprint density at radius 3 is 2.06 bits per heavy atom. The van der Waals surface area contributed by atoms with Crippen LogP contribution in [0, 0.1) is 5.92 Å². The van der Waals surface area contributed by atoms with Crippen LogP contribution in [-0.2, 0) is 14.3 Å². The van der Waals surface area contributed by atoms with Crippen LogP contribution in [0.4, 0.5) is 13.6 Å². The highest BCUT2D eigenvalue weighted by Crippen LogP contribution is 2.44. The molecule has 2 aliphatic carbocycles. The first-order chi connectivity index (χ1) is 16.6. The molecule has 2 aromatic carbocycles. The van der Waals surface area contributed by atoms with Crippen LogP contribution in [-0.4, -0.2) is 58.9 Å². The predicted octanol–water partition coefficient (Wildman–Crippen LogP) is 2.89. The number of halogens is 2. The number of fused-ring (bicyclic) bond motifs is 3. The van der Waals surface area contributed by atoms with Gasteiger partial charge in [0.15, 0.2) is 6.04 Å². The Morgan fingerprint density at radius 1 is 1.03 bits per heavy atom. The minimum atomic E-state index is -4.12.